The summed E-state index contributed by atoms with van der Waals surface area (Å²) >= 11 is 0. The molecule has 19 heavy (non-hydrogen) atoms. The first-order chi connectivity index (χ1) is 8.99. The maximum Gasteiger partial charge on any atom is 0.326 e. The molecule has 1 fully saturated rings. The Balaban J connectivity index is 2.10. The van der Waals surface area contributed by atoms with Gasteiger partial charge in [0, 0.05) is 6.54 Å². The maximum atomic E-state index is 12.2. The number of aliphatic carboxylic acids is 1. The summed E-state index contributed by atoms with van der Waals surface area (Å²) in [4.78, 5) is 24.8. The van der Waals surface area contributed by atoms with E-state index in [9.17, 15) is 19.8 Å². The summed E-state index contributed by atoms with van der Waals surface area (Å²) in [6.45, 7) is 2.33. The molecule has 5 nitrogen and oxygen atoms in total. The largest absolute Gasteiger partial charge is 0.508 e. The number of benzene rings is 1. The lowest BCUT2D eigenvalue weighted by atomic mass is 10.0. The van der Waals surface area contributed by atoms with E-state index in [1.807, 2.05) is 6.92 Å². The van der Waals surface area contributed by atoms with E-state index >= 15 is 0 Å². The predicted molar refractivity (Wildman–Crippen MR) is 68.7 cm³/mol. The molecule has 0 aliphatic carbocycles. The average molecular weight is 263 g/mol. The van der Waals surface area contributed by atoms with Gasteiger partial charge in [-0.25, -0.2) is 4.79 Å². The molecule has 5 heteroatoms. The first-order valence-corrected chi connectivity index (χ1v) is 6.29. The van der Waals surface area contributed by atoms with Crippen molar-refractivity contribution in [3.05, 3.63) is 29.8 Å². The van der Waals surface area contributed by atoms with Crippen LogP contribution in [-0.4, -0.2) is 39.6 Å². The molecule has 1 aliphatic heterocycles. The van der Waals surface area contributed by atoms with E-state index in [1.54, 1.807) is 12.1 Å². The third-order valence-corrected chi connectivity index (χ3v) is 3.54. The molecule has 2 rings (SSSR count). The fraction of sp³-hybridized carbons (Fsp3) is 0.429. The summed E-state index contributed by atoms with van der Waals surface area (Å²) < 4.78 is 0. The first kappa shape index (κ1) is 13.4. The number of hydrogen-bond donors (Lipinski definition) is 2. The van der Waals surface area contributed by atoms with Gasteiger partial charge in [-0.05, 0) is 30.0 Å². The Hall–Kier alpha value is -2.04. The van der Waals surface area contributed by atoms with Crippen molar-refractivity contribution in [3.63, 3.8) is 0 Å². The van der Waals surface area contributed by atoms with Gasteiger partial charge in [0.05, 0.1) is 6.42 Å². The highest BCUT2D eigenvalue weighted by molar-refractivity contribution is 5.85. The maximum absolute atomic E-state index is 12.2. The molecule has 1 heterocycles. The second kappa shape index (κ2) is 5.30. The minimum atomic E-state index is -0.950. The third kappa shape index (κ3) is 2.86. The van der Waals surface area contributed by atoms with Gasteiger partial charge in [0.1, 0.15) is 11.8 Å². The quantitative estimate of drug-likeness (QED) is 0.860. The fourth-order valence-corrected chi connectivity index (χ4v) is 2.55. The van der Waals surface area contributed by atoms with E-state index in [4.69, 9.17) is 0 Å². The van der Waals surface area contributed by atoms with Crippen molar-refractivity contribution in [2.45, 2.75) is 25.8 Å². The van der Waals surface area contributed by atoms with Gasteiger partial charge in [0.15, 0.2) is 0 Å². The molecule has 0 spiro atoms. The Morgan fingerprint density at radius 3 is 2.79 bits per heavy atom. The van der Waals surface area contributed by atoms with E-state index in [-0.39, 0.29) is 24.0 Å². The molecule has 1 aliphatic rings. The van der Waals surface area contributed by atoms with Crippen molar-refractivity contribution < 1.29 is 19.8 Å². The van der Waals surface area contributed by atoms with Gasteiger partial charge in [-0.15, -0.1) is 0 Å². The van der Waals surface area contributed by atoms with Crippen molar-refractivity contribution in [1.29, 1.82) is 0 Å². The van der Waals surface area contributed by atoms with Crippen LogP contribution in [0.2, 0.25) is 0 Å². The van der Waals surface area contributed by atoms with Crippen LogP contribution in [0, 0.1) is 5.92 Å². The number of phenolic OH excluding ortho intramolecular Hbond substituents is 1. The number of carbonyl (C=O) groups is 2. The Bertz CT molecular complexity index is 500. The van der Waals surface area contributed by atoms with Gasteiger partial charge in [-0.1, -0.05) is 19.1 Å². The summed E-state index contributed by atoms with van der Waals surface area (Å²) in [6.07, 6.45) is 0.827. The Morgan fingerprint density at radius 1 is 1.42 bits per heavy atom. The highest BCUT2D eigenvalue weighted by atomic mass is 16.4. The number of phenols is 1. The van der Waals surface area contributed by atoms with Crippen molar-refractivity contribution in [3.8, 4) is 5.75 Å². The van der Waals surface area contributed by atoms with Crippen molar-refractivity contribution in [2.24, 2.45) is 5.92 Å². The molecule has 0 saturated carbocycles. The SMILES string of the molecule is CC1CCN(C(=O)Cc2cccc(O)c2)C1C(=O)O. The summed E-state index contributed by atoms with van der Waals surface area (Å²) in [5, 5.41) is 18.5. The number of carbonyl (C=O) groups excluding carboxylic acids is 1. The molecule has 2 unspecified atom stereocenters. The predicted octanol–water partition coefficient (Wildman–Crippen LogP) is 1.26. The molecule has 0 radical (unpaired) electrons. The molecule has 0 bridgehead atoms. The van der Waals surface area contributed by atoms with Crippen molar-refractivity contribution >= 4 is 11.9 Å². The topological polar surface area (TPSA) is 77.8 Å². The molecule has 0 aromatic heterocycles. The monoisotopic (exact) mass is 263 g/mol. The van der Waals surface area contributed by atoms with Crippen LogP contribution >= 0.6 is 0 Å². The van der Waals surface area contributed by atoms with Gasteiger partial charge < -0.3 is 15.1 Å². The smallest absolute Gasteiger partial charge is 0.326 e. The van der Waals surface area contributed by atoms with E-state index in [0.717, 1.165) is 0 Å². The first-order valence-electron chi connectivity index (χ1n) is 6.29. The zero-order valence-corrected chi connectivity index (χ0v) is 10.7. The Labute approximate surface area is 111 Å². The van der Waals surface area contributed by atoms with Gasteiger partial charge >= 0.3 is 5.97 Å². The highest BCUT2D eigenvalue weighted by Gasteiger charge is 2.39. The molecule has 102 valence electrons. The number of nitrogens with zero attached hydrogens (tertiary/aromatic N) is 1. The summed E-state index contributed by atoms with van der Waals surface area (Å²) in [7, 11) is 0. The van der Waals surface area contributed by atoms with E-state index in [0.29, 0.717) is 18.5 Å². The zero-order chi connectivity index (χ0) is 14.0. The van der Waals surface area contributed by atoms with Crippen LogP contribution in [0.4, 0.5) is 0 Å². The van der Waals surface area contributed by atoms with Crippen LogP contribution < -0.4 is 0 Å². The molecular weight excluding hydrogens is 246 g/mol. The lowest BCUT2D eigenvalue weighted by Gasteiger charge is -2.23. The fourth-order valence-electron chi connectivity index (χ4n) is 2.55. The van der Waals surface area contributed by atoms with E-state index in [2.05, 4.69) is 0 Å². The molecule has 1 saturated heterocycles. The van der Waals surface area contributed by atoms with Gasteiger partial charge in [0.2, 0.25) is 5.91 Å². The number of rotatable bonds is 3. The third-order valence-electron chi connectivity index (χ3n) is 3.54. The molecule has 1 aromatic rings. The zero-order valence-electron chi connectivity index (χ0n) is 10.7. The normalized spacial score (nSPS) is 22.5. The highest BCUT2D eigenvalue weighted by Crippen LogP contribution is 2.25. The van der Waals surface area contributed by atoms with Crippen LogP contribution in [-0.2, 0) is 16.0 Å². The van der Waals surface area contributed by atoms with Crippen LogP contribution in [0.25, 0.3) is 0 Å². The average Bonchev–Trinajstić information content (AvgIpc) is 2.71. The minimum absolute atomic E-state index is 0.0226. The van der Waals surface area contributed by atoms with Crippen molar-refractivity contribution in [1.82, 2.24) is 4.90 Å². The van der Waals surface area contributed by atoms with Crippen molar-refractivity contribution in [2.75, 3.05) is 6.54 Å². The number of amides is 1. The summed E-state index contributed by atoms with van der Waals surface area (Å²) in [5.41, 5.74) is 0.689. The Morgan fingerprint density at radius 2 is 2.16 bits per heavy atom. The second-order valence-electron chi connectivity index (χ2n) is 4.98. The van der Waals surface area contributed by atoms with E-state index < -0.39 is 12.0 Å². The lowest BCUT2D eigenvalue weighted by molar-refractivity contribution is -0.149. The molecule has 1 amide bonds. The van der Waals surface area contributed by atoms with Crippen LogP contribution in [0.3, 0.4) is 0 Å². The van der Waals surface area contributed by atoms with Crippen LogP contribution in [0.1, 0.15) is 18.9 Å². The van der Waals surface area contributed by atoms with Gasteiger partial charge in [0.25, 0.3) is 0 Å². The van der Waals surface area contributed by atoms with E-state index in [1.165, 1.54) is 17.0 Å². The standard InChI is InChI=1S/C14H17NO4/c1-9-5-6-15(13(9)14(18)19)12(17)8-10-3-2-4-11(16)7-10/h2-4,7,9,13,16H,5-6,8H2,1H3,(H,18,19). The molecular formula is C14H17NO4. The minimum Gasteiger partial charge on any atom is -0.508 e. The number of carboxylic acid groups (broad SMARTS) is 1. The van der Waals surface area contributed by atoms with Crippen LogP contribution in [0.5, 0.6) is 5.75 Å². The lowest BCUT2D eigenvalue weighted by Crippen LogP contribution is -2.43. The van der Waals surface area contributed by atoms with Gasteiger partial charge in [-0.2, -0.15) is 0 Å². The summed E-state index contributed by atoms with van der Waals surface area (Å²) in [5.74, 6) is -1.07. The van der Waals surface area contributed by atoms with Crippen LogP contribution in [0.15, 0.2) is 24.3 Å². The number of hydrogen-bond acceptors (Lipinski definition) is 3. The number of carboxylic acids is 1. The number of aromatic hydroxyl groups is 1. The Kier molecular flexibility index (Phi) is 3.74. The second-order valence-corrected chi connectivity index (χ2v) is 4.98. The number of likely N-dealkylation sites (tertiary alicyclic amines) is 1. The summed E-state index contributed by atoms with van der Waals surface area (Å²) in [6, 6.07) is 5.73. The van der Waals surface area contributed by atoms with Gasteiger partial charge in [-0.3, -0.25) is 4.79 Å². The molecule has 1 aromatic carbocycles. The molecule has 2 N–H and O–H groups in total. The molecule has 2 atom stereocenters.